The molecule has 1 heterocycles. The van der Waals surface area contributed by atoms with Crippen LogP contribution in [0.1, 0.15) is 34.0 Å². The molecule has 0 saturated heterocycles. The van der Waals surface area contributed by atoms with Crippen molar-refractivity contribution in [3.63, 3.8) is 0 Å². The molecule has 33 heavy (non-hydrogen) atoms. The number of carbonyl (C=O) groups is 1. The molecule has 4 rings (SSSR count). The van der Waals surface area contributed by atoms with Gasteiger partial charge in [0.1, 0.15) is 18.2 Å². The highest BCUT2D eigenvalue weighted by atomic mass is 32.2. The van der Waals surface area contributed by atoms with Gasteiger partial charge in [-0.2, -0.15) is 0 Å². The van der Waals surface area contributed by atoms with Crippen molar-refractivity contribution < 1.29 is 18.1 Å². The van der Waals surface area contributed by atoms with Gasteiger partial charge in [-0.3, -0.25) is 9.00 Å². The quantitative estimate of drug-likeness (QED) is 0.504. The molecular weight excluding hydrogens is 437 g/mol. The monoisotopic (exact) mass is 465 g/mol. The van der Waals surface area contributed by atoms with Crippen molar-refractivity contribution in [1.29, 1.82) is 0 Å². The lowest BCUT2D eigenvalue weighted by atomic mass is 9.98. The van der Waals surface area contributed by atoms with Crippen molar-refractivity contribution in [3.05, 3.63) is 82.7 Å². The Bertz CT molecular complexity index is 1330. The minimum absolute atomic E-state index is 0.0586. The second-order valence-electron chi connectivity index (χ2n) is 8.47. The first-order valence-corrected chi connectivity index (χ1v) is 13.1. The van der Waals surface area contributed by atoms with Gasteiger partial charge in [0.15, 0.2) is 0 Å². The smallest absolute Gasteiger partial charge is 0.254 e. The molecule has 0 aromatic heterocycles. The molecule has 4 nitrogen and oxygen atoms in total. The van der Waals surface area contributed by atoms with Crippen LogP contribution >= 0.6 is 0 Å². The third-order valence-corrected chi connectivity index (χ3v) is 7.29. The molecule has 0 bridgehead atoms. The summed E-state index contributed by atoms with van der Waals surface area (Å²) in [5, 5.41) is 0. The van der Waals surface area contributed by atoms with Gasteiger partial charge < -0.3 is 9.64 Å². The Balaban J connectivity index is 1.70. The Kier molecular flexibility index (Phi) is 6.30. The highest BCUT2D eigenvalue weighted by molar-refractivity contribution is 7.99. The van der Waals surface area contributed by atoms with E-state index in [0.717, 1.165) is 22.4 Å². The van der Waals surface area contributed by atoms with Crippen LogP contribution in [0.2, 0.25) is 0 Å². The zero-order valence-electron chi connectivity index (χ0n) is 19.2. The van der Waals surface area contributed by atoms with Crippen LogP contribution in [0.25, 0.3) is 11.1 Å². The number of nitrogens with zero attached hydrogens (tertiary/aromatic N) is 1. The zero-order valence-corrected chi connectivity index (χ0v) is 20.0. The molecule has 0 radical (unpaired) electrons. The van der Waals surface area contributed by atoms with Gasteiger partial charge in [0, 0.05) is 29.5 Å². The summed E-state index contributed by atoms with van der Waals surface area (Å²) >= 11 is 0. The zero-order chi connectivity index (χ0) is 23.8. The summed E-state index contributed by atoms with van der Waals surface area (Å²) in [6.45, 7) is 4.96. The van der Waals surface area contributed by atoms with Gasteiger partial charge in [-0.1, -0.05) is 37.3 Å². The highest BCUT2D eigenvalue weighted by Crippen LogP contribution is 2.32. The SMILES string of the molecule is C=S(C)(=O)c1ccc(C(=O)N2CCOc3ccc(-c4ccccc4C)cc3C2)c(CC)c1F. The number of amides is 1. The number of benzene rings is 3. The lowest BCUT2D eigenvalue weighted by Gasteiger charge is -2.22. The van der Waals surface area contributed by atoms with E-state index in [9.17, 15) is 9.00 Å². The van der Waals surface area contributed by atoms with Crippen LogP contribution in [-0.2, 0) is 22.5 Å². The molecule has 1 aliphatic heterocycles. The van der Waals surface area contributed by atoms with E-state index >= 15 is 4.39 Å². The van der Waals surface area contributed by atoms with Crippen LogP contribution in [0.4, 0.5) is 4.39 Å². The standard InChI is InChI=1S/C27H28FNO3S/c1-5-21-23(11-13-25(26(21)28)33(3,4)31)27(30)29-14-15-32-24-12-10-19(16-20(24)17-29)22-9-7-6-8-18(22)2/h6-13,16H,3,5,14-15,17H2,1-2,4H3. The molecule has 3 aromatic rings. The van der Waals surface area contributed by atoms with Gasteiger partial charge in [0.05, 0.1) is 11.4 Å². The molecule has 3 aromatic carbocycles. The van der Waals surface area contributed by atoms with Gasteiger partial charge in [-0.25, -0.2) is 4.39 Å². The van der Waals surface area contributed by atoms with Crippen molar-refractivity contribution in [2.24, 2.45) is 0 Å². The molecule has 0 aliphatic carbocycles. The summed E-state index contributed by atoms with van der Waals surface area (Å²) < 4.78 is 33.4. The van der Waals surface area contributed by atoms with E-state index in [1.165, 1.54) is 17.9 Å². The molecule has 1 atom stereocenters. The number of ether oxygens (including phenoxy) is 1. The van der Waals surface area contributed by atoms with Crippen LogP contribution in [0.5, 0.6) is 5.75 Å². The number of hydrogen-bond donors (Lipinski definition) is 0. The van der Waals surface area contributed by atoms with Crippen LogP contribution in [0.15, 0.2) is 59.5 Å². The third kappa shape index (κ3) is 4.53. The van der Waals surface area contributed by atoms with Gasteiger partial charge >= 0.3 is 0 Å². The summed E-state index contributed by atoms with van der Waals surface area (Å²) in [4.78, 5) is 15.2. The van der Waals surface area contributed by atoms with E-state index in [1.807, 2.05) is 24.3 Å². The second-order valence-corrected chi connectivity index (χ2v) is 10.9. The van der Waals surface area contributed by atoms with Gasteiger partial charge in [0.25, 0.3) is 5.91 Å². The van der Waals surface area contributed by atoms with Crippen LogP contribution < -0.4 is 4.74 Å². The fourth-order valence-corrected chi connectivity index (χ4v) is 5.14. The average Bonchev–Trinajstić information content (AvgIpc) is 2.99. The van der Waals surface area contributed by atoms with E-state index in [2.05, 4.69) is 31.0 Å². The first-order valence-electron chi connectivity index (χ1n) is 10.9. The van der Waals surface area contributed by atoms with Gasteiger partial charge in [-0.05, 0) is 69.7 Å². The van der Waals surface area contributed by atoms with Crippen molar-refractivity contribution in [1.82, 2.24) is 4.90 Å². The molecule has 0 spiro atoms. The topological polar surface area (TPSA) is 46.6 Å². The molecule has 0 N–H and O–H groups in total. The predicted molar refractivity (Wildman–Crippen MR) is 132 cm³/mol. The number of aryl methyl sites for hydroxylation is 1. The summed E-state index contributed by atoms with van der Waals surface area (Å²) in [6, 6.07) is 17.2. The molecule has 1 aliphatic rings. The first-order chi connectivity index (χ1) is 15.7. The molecular formula is C27H28FNO3S. The predicted octanol–water partition coefficient (Wildman–Crippen LogP) is 5.10. The third-order valence-electron chi connectivity index (χ3n) is 6.04. The summed E-state index contributed by atoms with van der Waals surface area (Å²) in [5.41, 5.74) is 4.83. The number of fused-ring (bicyclic) bond motifs is 1. The maximum atomic E-state index is 15.1. The van der Waals surface area contributed by atoms with E-state index in [4.69, 9.17) is 4.74 Å². The second kappa shape index (κ2) is 9.02. The highest BCUT2D eigenvalue weighted by Gasteiger charge is 2.26. The summed E-state index contributed by atoms with van der Waals surface area (Å²) in [5.74, 6) is 3.49. The van der Waals surface area contributed by atoms with E-state index < -0.39 is 15.3 Å². The van der Waals surface area contributed by atoms with Gasteiger partial charge in [0.2, 0.25) is 0 Å². The lowest BCUT2D eigenvalue weighted by molar-refractivity contribution is 0.0731. The van der Waals surface area contributed by atoms with Crippen LogP contribution in [0.3, 0.4) is 0 Å². The molecule has 1 amide bonds. The largest absolute Gasteiger partial charge is 0.491 e. The Labute approximate surface area is 195 Å². The Morgan fingerprint density at radius 2 is 1.94 bits per heavy atom. The maximum absolute atomic E-state index is 15.1. The van der Waals surface area contributed by atoms with Crippen molar-refractivity contribution in [2.75, 3.05) is 19.4 Å². The number of carbonyl (C=O) groups excluding carboxylic acids is 1. The van der Waals surface area contributed by atoms with Crippen LogP contribution in [0, 0.1) is 12.7 Å². The molecule has 172 valence electrons. The summed E-state index contributed by atoms with van der Waals surface area (Å²) in [6.07, 6.45) is 1.72. The summed E-state index contributed by atoms with van der Waals surface area (Å²) in [7, 11) is -2.73. The van der Waals surface area contributed by atoms with E-state index in [1.54, 1.807) is 17.9 Å². The Morgan fingerprint density at radius 3 is 2.64 bits per heavy atom. The molecule has 1 unspecified atom stereocenters. The molecule has 0 saturated carbocycles. The van der Waals surface area contributed by atoms with Gasteiger partial charge in [-0.15, -0.1) is 0 Å². The van der Waals surface area contributed by atoms with E-state index in [-0.39, 0.29) is 16.4 Å². The number of halogens is 1. The Hall–Kier alpha value is -3.12. The van der Waals surface area contributed by atoms with Crippen LogP contribution in [-0.4, -0.2) is 40.3 Å². The molecule has 0 fully saturated rings. The number of hydrogen-bond acceptors (Lipinski definition) is 3. The van der Waals surface area contributed by atoms with Crippen molar-refractivity contribution >= 4 is 21.3 Å². The Morgan fingerprint density at radius 1 is 1.18 bits per heavy atom. The molecule has 6 heteroatoms. The van der Waals surface area contributed by atoms with E-state index in [0.29, 0.717) is 31.7 Å². The van der Waals surface area contributed by atoms with Crippen molar-refractivity contribution in [3.8, 4) is 16.9 Å². The number of rotatable bonds is 4. The lowest BCUT2D eigenvalue weighted by Crippen LogP contribution is -2.33. The fraction of sp³-hybridized carbons (Fsp3) is 0.259. The minimum Gasteiger partial charge on any atom is -0.491 e. The first kappa shape index (κ1) is 23.1. The minimum atomic E-state index is -2.73. The average molecular weight is 466 g/mol. The fourth-order valence-electron chi connectivity index (χ4n) is 4.28. The van der Waals surface area contributed by atoms with Crippen molar-refractivity contribution in [2.45, 2.75) is 31.7 Å². The maximum Gasteiger partial charge on any atom is 0.254 e. The normalized spacial score (nSPS) is 15.2.